The SMILES string of the molecule is COC(=O)C1=CN(C)C=C(C(=O)OC)C1c1ccccc1F. The number of hydrogen-bond donors (Lipinski definition) is 0. The van der Waals surface area contributed by atoms with Crippen LogP contribution in [0.15, 0.2) is 47.8 Å². The van der Waals surface area contributed by atoms with E-state index >= 15 is 0 Å². The predicted molar refractivity (Wildman–Crippen MR) is 77.1 cm³/mol. The van der Waals surface area contributed by atoms with Crippen molar-refractivity contribution >= 4 is 11.9 Å². The molecule has 1 aromatic rings. The van der Waals surface area contributed by atoms with Gasteiger partial charge in [0.25, 0.3) is 0 Å². The average Bonchev–Trinajstić information content (AvgIpc) is 2.53. The normalized spacial score (nSPS) is 15.0. The predicted octanol–water partition coefficient (Wildman–Crippen LogP) is 1.97. The van der Waals surface area contributed by atoms with Gasteiger partial charge in [-0.05, 0) is 6.07 Å². The van der Waals surface area contributed by atoms with Crippen molar-refractivity contribution in [1.82, 2.24) is 4.90 Å². The van der Waals surface area contributed by atoms with Crippen molar-refractivity contribution in [1.29, 1.82) is 0 Å². The van der Waals surface area contributed by atoms with Crippen molar-refractivity contribution in [2.24, 2.45) is 0 Å². The van der Waals surface area contributed by atoms with Crippen molar-refractivity contribution in [2.75, 3.05) is 21.3 Å². The fraction of sp³-hybridized carbons (Fsp3) is 0.250. The Bertz CT molecular complexity index is 632. The molecule has 0 fully saturated rings. The first-order chi connectivity index (χ1) is 10.5. The number of ether oxygens (including phenoxy) is 2. The number of carbonyl (C=O) groups excluding carboxylic acids is 2. The molecule has 0 bridgehead atoms. The van der Waals surface area contributed by atoms with Gasteiger partial charge in [-0.25, -0.2) is 14.0 Å². The van der Waals surface area contributed by atoms with Gasteiger partial charge in [-0.1, -0.05) is 18.2 Å². The first-order valence-electron chi connectivity index (χ1n) is 6.56. The minimum atomic E-state index is -0.878. The molecule has 0 saturated carbocycles. The highest BCUT2D eigenvalue weighted by atomic mass is 19.1. The van der Waals surface area contributed by atoms with Gasteiger partial charge in [0.15, 0.2) is 0 Å². The summed E-state index contributed by atoms with van der Waals surface area (Å²) in [6, 6.07) is 5.98. The Labute approximate surface area is 127 Å². The van der Waals surface area contributed by atoms with Gasteiger partial charge in [0.1, 0.15) is 5.82 Å². The number of benzene rings is 1. The largest absolute Gasteiger partial charge is 0.466 e. The molecule has 1 aromatic carbocycles. The second-order valence-corrected chi connectivity index (χ2v) is 4.77. The molecule has 0 spiro atoms. The number of halogens is 1. The summed E-state index contributed by atoms with van der Waals surface area (Å²) in [5, 5.41) is 0. The lowest BCUT2D eigenvalue weighted by atomic mass is 9.83. The van der Waals surface area contributed by atoms with Crippen molar-refractivity contribution in [3.05, 3.63) is 59.2 Å². The molecule has 0 saturated heterocycles. The molecule has 0 amide bonds. The van der Waals surface area contributed by atoms with E-state index in [4.69, 9.17) is 9.47 Å². The average molecular weight is 305 g/mol. The van der Waals surface area contributed by atoms with Crippen LogP contribution < -0.4 is 0 Å². The standard InChI is InChI=1S/C16H16FNO4/c1-18-8-11(15(19)21-2)14(12(9-18)16(20)22-3)10-6-4-5-7-13(10)17/h4-9,14H,1-3H3. The molecule has 1 aliphatic heterocycles. The summed E-state index contributed by atoms with van der Waals surface area (Å²) in [5.74, 6) is -2.65. The molecule has 6 heteroatoms. The molecule has 0 radical (unpaired) electrons. The fourth-order valence-electron chi connectivity index (χ4n) is 2.41. The lowest BCUT2D eigenvalue weighted by Gasteiger charge is -2.28. The van der Waals surface area contributed by atoms with E-state index in [1.165, 1.54) is 49.7 Å². The molecule has 5 nitrogen and oxygen atoms in total. The number of esters is 2. The van der Waals surface area contributed by atoms with Crippen molar-refractivity contribution < 1.29 is 23.5 Å². The molecule has 1 aliphatic rings. The highest BCUT2D eigenvalue weighted by molar-refractivity contribution is 5.98. The van der Waals surface area contributed by atoms with Crippen molar-refractivity contribution in [3.8, 4) is 0 Å². The van der Waals surface area contributed by atoms with Crippen molar-refractivity contribution in [3.63, 3.8) is 0 Å². The molecule has 1 heterocycles. The molecular formula is C16H16FNO4. The van der Waals surface area contributed by atoms with Gasteiger partial charge in [-0.15, -0.1) is 0 Å². The van der Waals surface area contributed by atoms with E-state index in [2.05, 4.69) is 0 Å². The third-order valence-electron chi connectivity index (χ3n) is 3.37. The first-order valence-corrected chi connectivity index (χ1v) is 6.56. The van der Waals surface area contributed by atoms with E-state index in [-0.39, 0.29) is 16.7 Å². The summed E-state index contributed by atoms with van der Waals surface area (Å²) in [6.45, 7) is 0. The van der Waals surface area contributed by atoms with Gasteiger partial charge in [0.2, 0.25) is 0 Å². The zero-order chi connectivity index (χ0) is 16.3. The second-order valence-electron chi connectivity index (χ2n) is 4.77. The van der Waals surface area contributed by atoms with E-state index in [9.17, 15) is 14.0 Å². The van der Waals surface area contributed by atoms with E-state index in [0.29, 0.717) is 0 Å². The molecule has 0 aliphatic carbocycles. The van der Waals surface area contributed by atoms with Crippen LogP contribution >= 0.6 is 0 Å². The van der Waals surface area contributed by atoms with Gasteiger partial charge >= 0.3 is 11.9 Å². The lowest BCUT2D eigenvalue weighted by Crippen LogP contribution is -2.27. The second kappa shape index (κ2) is 6.43. The molecule has 22 heavy (non-hydrogen) atoms. The molecule has 0 atom stereocenters. The summed E-state index contributed by atoms with van der Waals surface area (Å²) >= 11 is 0. The minimum Gasteiger partial charge on any atom is -0.466 e. The van der Waals surface area contributed by atoms with Crippen LogP contribution in [0.5, 0.6) is 0 Å². The van der Waals surface area contributed by atoms with Gasteiger partial charge in [0.05, 0.1) is 31.3 Å². The maximum atomic E-state index is 14.2. The third kappa shape index (κ3) is 2.86. The zero-order valence-electron chi connectivity index (χ0n) is 12.5. The Morgan fingerprint density at radius 1 is 1.05 bits per heavy atom. The van der Waals surface area contributed by atoms with E-state index < -0.39 is 23.7 Å². The smallest absolute Gasteiger partial charge is 0.336 e. The Balaban J connectivity index is 2.61. The molecular weight excluding hydrogens is 289 g/mol. The van der Waals surface area contributed by atoms with Crippen LogP contribution in [0.4, 0.5) is 4.39 Å². The topological polar surface area (TPSA) is 55.8 Å². The molecule has 116 valence electrons. The van der Waals surface area contributed by atoms with E-state index in [0.717, 1.165) is 0 Å². The maximum absolute atomic E-state index is 14.2. The number of carbonyl (C=O) groups is 2. The van der Waals surface area contributed by atoms with Crippen molar-refractivity contribution in [2.45, 2.75) is 5.92 Å². The highest BCUT2D eigenvalue weighted by Gasteiger charge is 2.35. The summed E-state index contributed by atoms with van der Waals surface area (Å²) in [7, 11) is 4.12. The zero-order valence-corrected chi connectivity index (χ0v) is 12.5. The Morgan fingerprint density at radius 3 is 2.00 bits per heavy atom. The number of methoxy groups -OCH3 is 2. The summed E-state index contributed by atoms with van der Waals surface area (Å²) < 4.78 is 23.7. The molecule has 0 N–H and O–H groups in total. The number of nitrogens with zero attached hydrogens (tertiary/aromatic N) is 1. The summed E-state index contributed by atoms with van der Waals surface area (Å²) in [5.41, 5.74) is 0.542. The van der Waals surface area contributed by atoms with Crippen LogP contribution in [-0.2, 0) is 19.1 Å². The summed E-state index contributed by atoms with van der Waals surface area (Å²) in [6.07, 6.45) is 3.02. The van der Waals surface area contributed by atoms with Crippen LogP contribution in [0.2, 0.25) is 0 Å². The number of hydrogen-bond acceptors (Lipinski definition) is 5. The van der Waals surface area contributed by atoms with E-state index in [1.807, 2.05) is 0 Å². The van der Waals surface area contributed by atoms with Crippen LogP contribution in [0.1, 0.15) is 11.5 Å². The van der Waals surface area contributed by atoms with Gasteiger partial charge in [-0.2, -0.15) is 0 Å². The monoisotopic (exact) mass is 305 g/mol. The van der Waals surface area contributed by atoms with Gasteiger partial charge in [0, 0.05) is 25.0 Å². The Kier molecular flexibility index (Phi) is 4.60. The lowest BCUT2D eigenvalue weighted by molar-refractivity contribution is -0.137. The quantitative estimate of drug-likeness (QED) is 0.799. The number of rotatable bonds is 3. The van der Waals surface area contributed by atoms with Gasteiger partial charge in [-0.3, -0.25) is 0 Å². The third-order valence-corrected chi connectivity index (χ3v) is 3.37. The van der Waals surface area contributed by atoms with Crippen LogP contribution in [0.3, 0.4) is 0 Å². The van der Waals surface area contributed by atoms with Crippen LogP contribution in [0, 0.1) is 5.82 Å². The van der Waals surface area contributed by atoms with Crippen LogP contribution in [0.25, 0.3) is 0 Å². The van der Waals surface area contributed by atoms with Crippen LogP contribution in [-0.4, -0.2) is 38.1 Å². The molecule has 0 unspecified atom stereocenters. The minimum absolute atomic E-state index is 0.165. The Hall–Kier alpha value is -2.63. The summed E-state index contributed by atoms with van der Waals surface area (Å²) in [4.78, 5) is 25.6. The highest BCUT2D eigenvalue weighted by Crippen LogP contribution is 2.37. The molecule has 2 rings (SSSR count). The maximum Gasteiger partial charge on any atom is 0.336 e. The van der Waals surface area contributed by atoms with Gasteiger partial charge < -0.3 is 14.4 Å². The first kappa shape index (κ1) is 15.8. The van der Waals surface area contributed by atoms with E-state index in [1.54, 1.807) is 13.1 Å². The fourth-order valence-corrected chi connectivity index (χ4v) is 2.41. The molecule has 0 aromatic heterocycles. The Morgan fingerprint density at radius 2 is 1.55 bits per heavy atom.